The van der Waals surface area contributed by atoms with Gasteiger partial charge in [-0.05, 0) is 43.6 Å². The highest BCUT2D eigenvalue weighted by Crippen LogP contribution is 2.18. The molecule has 0 amide bonds. The molecule has 0 spiro atoms. The maximum Gasteiger partial charge on any atom is -0.00104 e. The number of benzene rings is 1. The van der Waals surface area contributed by atoms with Gasteiger partial charge in [0, 0.05) is 0 Å². The third-order valence-corrected chi connectivity index (χ3v) is 3.35. The molecule has 0 saturated heterocycles. The van der Waals surface area contributed by atoms with Crippen LogP contribution in [-0.2, 0) is 0 Å². The zero-order valence-corrected chi connectivity index (χ0v) is 12.0. The smallest absolute Gasteiger partial charge is 0.00104 e. The van der Waals surface area contributed by atoms with Crippen molar-refractivity contribution in [1.29, 1.82) is 0 Å². The van der Waals surface area contributed by atoms with Crippen molar-refractivity contribution in [2.24, 2.45) is 5.92 Å². The second-order valence-corrected chi connectivity index (χ2v) is 5.11. The van der Waals surface area contributed by atoms with Gasteiger partial charge in [0.2, 0.25) is 0 Å². The first-order valence-corrected chi connectivity index (χ1v) is 7.06. The van der Waals surface area contributed by atoms with Crippen LogP contribution in [0.2, 0.25) is 0 Å². The van der Waals surface area contributed by atoms with Gasteiger partial charge >= 0.3 is 0 Å². The molecule has 98 valence electrons. The molecule has 2 atom stereocenters. The van der Waals surface area contributed by atoms with Crippen molar-refractivity contribution in [3.8, 4) is 0 Å². The number of rotatable bonds is 7. The molecule has 2 unspecified atom stereocenters. The molecular formula is C18H26. The van der Waals surface area contributed by atoms with E-state index >= 15 is 0 Å². The van der Waals surface area contributed by atoms with Crippen molar-refractivity contribution in [3.63, 3.8) is 0 Å². The molecule has 0 heteroatoms. The van der Waals surface area contributed by atoms with E-state index in [-0.39, 0.29) is 0 Å². The lowest BCUT2D eigenvalue weighted by atomic mass is 9.97. The Hall–Kier alpha value is -1.30. The van der Waals surface area contributed by atoms with Crippen molar-refractivity contribution in [2.45, 2.75) is 46.0 Å². The standard InChI is InChI=1S/C18H26/c1-4-5-7-11-16(2)12-10-13-17(3)18-14-8-6-9-15-18/h4-6,8-10,13-17H,7,11-12H2,1-3H3. The van der Waals surface area contributed by atoms with Gasteiger partial charge in [-0.3, -0.25) is 0 Å². The van der Waals surface area contributed by atoms with E-state index < -0.39 is 0 Å². The first-order chi connectivity index (χ1) is 8.74. The van der Waals surface area contributed by atoms with Crippen LogP contribution >= 0.6 is 0 Å². The predicted molar refractivity (Wildman–Crippen MR) is 81.8 cm³/mol. The van der Waals surface area contributed by atoms with Gasteiger partial charge in [-0.25, -0.2) is 0 Å². The average Bonchev–Trinajstić information content (AvgIpc) is 2.40. The van der Waals surface area contributed by atoms with Gasteiger partial charge < -0.3 is 0 Å². The fourth-order valence-corrected chi connectivity index (χ4v) is 2.05. The van der Waals surface area contributed by atoms with Crippen molar-refractivity contribution in [3.05, 3.63) is 60.2 Å². The van der Waals surface area contributed by atoms with E-state index in [1.807, 2.05) is 0 Å². The minimum absolute atomic E-state index is 0.522. The Bertz CT molecular complexity index is 359. The molecule has 1 rings (SSSR count). The molecule has 1 aromatic carbocycles. The molecular weight excluding hydrogens is 216 g/mol. The average molecular weight is 242 g/mol. The van der Waals surface area contributed by atoms with Gasteiger partial charge in [-0.1, -0.05) is 68.5 Å². The summed E-state index contributed by atoms with van der Waals surface area (Å²) >= 11 is 0. The predicted octanol–water partition coefficient (Wildman–Crippen LogP) is 5.73. The third kappa shape index (κ3) is 5.86. The number of hydrogen-bond acceptors (Lipinski definition) is 0. The molecule has 0 bridgehead atoms. The van der Waals surface area contributed by atoms with Gasteiger partial charge in [0.1, 0.15) is 0 Å². The highest BCUT2D eigenvalue weighted by molar-refractivity contribution is 5.22. The highest BCUT2D eigenvalue weighted by Gasteiger charge is 2.01. The Morgan fingerprint density at radius 2 is 1.78 bits per heavy atom. The second kappa shape index (κ2) is 8.74. The largest absolute Gasteiger partial charge is 0.0917 e. The summed E-state index contributed by atoms with van der Waals surface area (Å²) in [6.07, 6.45) is 12.8. The fraction of sp³-hybridized carbons (Fsp3) is 0.444. The van der Waals surface area contributed by atoms with Gasteiger partial charge in [-0.2, -0.15) is 0 Å². The Morgan fingerprint density at radius 3 is 2.44 bits per heavy atom. The van der Waals surface area contributed by atoms with Crippen LogP contribution in [0.3, 0.4) is 0 Å². The van der Waals surface area contributed by atoms with Crippen LogP contribution in [0, 0.1) is 5.92 Å². The van der Waals surface area contributed by atoms with Gasteiger partial charge in [-0.15, -0.1) is 0 Å². The van der Waals surface area contributed by atoms with Crippen molar-refractivity contribution in [1.82, 2.24) is 0 Å². The molecule has 0 heterocycles. The molecule has 18 heavy (non-hydrogen) atoms. The van der Waals surface area contributed by atoms with E-state index in [0.29, 0.717) is 5.92 Å². The van der Waals surface area contributed by atoms with Crippen molar-refractivity contribution in [2.75, 3.05) is 0 Å². The minimum Gasteiger partial charge on any atom is -0.0917 e. The third-order valence-electron chi connectivity index (χ3n) is 3.35. The maximum atomic E-state index is 2.35. The maximum absolute atomic E-state index is 2.35. The van der Waals surface area contributed by atoms with Crippen LogP contribution in [-0.4, -0.2) is 0 Å². The minimum atomic E-state index is 0.522. The summed E-state index contributed by atoms with van der Waals surface area (Å²) in [4.78, 5) is 0. The van der Waals surface area contributed by atoms with E-state index in [1.165, 1.54) is 24.8 Å². The quantitative estimate of drug-likeness (QED) is 0.536. The summed E-state index contributed by atoms with van der Waals surface area (Å²) in [5.41, 5.74) is 1.40. The summed E-state index contributed by atoms with van der Waals surface area (Å²) < 4.78 is 0. The molecule has 0 aromatic heterocycles. The summed E-state index contributed by atoms with van der Waals surface area (Å²) in [5, 5.41) is 0. The number of allylic oxidation sites excluding steroid dienone is 4. The Morgan fingerprint density at radius 1 is 1.06 bits per heavy atom. The lowest BCUT2D eigenvalue weighted by Gasteiger charge is -2.08. The van der Waals surface area contributed by atoms with E-state index in [2.05, 4.69) is 75.4 Å². The summed E-state index contributed by atoms with van der Waals surface area (Å²) in [7, 11) is 0. The Labute approximate surface area is 112 Å². The zero-order valence-electron chi connectivity index (χ0n) is 12.0. The van der Waals surface area contributed by atoms with Crippen LogP contribution in [0.15, 0.2) is 54.6 Å². The molecule has 0 nitrogen and oxygen atoms in total. The Balaban J connectivity index is 2.32. The molecule has 0 aliphatic heterocycles. The lowest BCUT2D eigenvalue weighted by molar-refractivity contribution is 0.545. The normalized spacial score (nSPS) is 15.3. The highest BCUT2D eigenvalue weighted by atomic mass is 14.1. The summed E-state index contributed by atoms with van der Waals surface area (Å²) in [5.74, 6) is 1.30. The van der Waals surface area contributed by atoms with E-state index in [0.717, 1.165) is 5.92 Å². The van der Waals surface area contributed by atoms with E-state index in [4.69, 9.17) is 0 Å². The van der Waals surface area contributed by atoms with Crippen LogP contribution in [0.5, 0.6) is 0 Å². The fourth-order valence-electron chi connectivity index (χ4n) is 2.05. The van der Waals surface area contributed by atoms with Crippen LogP contribution in [0.25, 0.3) is 0 Å². The van der Waals surface area contributed by atoms with Gasteiger partial charge in [0.15, 0.2) is 0 Å². The van der Waals surface area contributed by atoms with Crippen LogP contribution < -0.4 is 0 Å². The lowest BCUT2D eigenvalue weighted by Crippen LogP contribution is -1.92. The van der Waals surface area contributed by atoms with Crippen LogP contribution in [0.1, 0.15) is 51.5 Å². The summed E-state index contributed by atoms with van der Waals surface area (Å²) in [6.45, 7) is 6.68. The first kappa shape index (κ1) is 14.8. The van der Waals surface area contributed by atoms with Gasteiger partial charge in [0.25, 0.3) is 0 Å². The first-order valence-electron chi connectivity index (χ1n) is 7.06. The SMILES string of the molecule is CC=CCCC(C)CC=CC(C)c1ccccc1. The van der Waals surface area contributed by atoms with Crippen molar-refractivity contribution >= 4 is 0 Å². The Kier molecular flexibility index (Phi) is 7.17. The molecule has 0 aliphatic rings. The molecule has 1 aromatic rings. The summed E-state index contributed by atoms with van der Waals surface area (Å²) in [6, 6.07) is 10.7. The van der Waals surface area contributed by atoms with E-state index in [1.54, 1.807) is 0 Å². The molecule has 0 N–H and O–H groups in total. The molecule has 0 aliphatic carbocycles. The monoisotopic (exact) mass is 242 g/mol. The second-order valence-electron chi connectivity index (χ2n) is 5.11. The topological polar surface area (TPSA) is 0 Å². The van der Waals surface area contributed by atoms with Gasteiger partial charge in [0.05, 0.1) is 0 Å². The number of hydrogen-bond donors (Lipinski definition) is 0. The van der Waals surface area contributed by atoms with Crippen LogP contribution in [0.4, 0.5) is 0 Å². The molecule has 0 fully saturated rings. The zero-order chi connectivity index (χ0) is 13.2. The van der Waals surface area contributed by atoms with E-state index in [9.17, 15) is 0 Å². The molecule has 0 saturated carbocycles. The van der Waals surface area contributed by atoms with Crippen molar-refractivity contribution < 1.29 is 0 Å². The molecule has 0 radical (unpaired) electrons.